The highest BCUT2D eigenvalue weighted by Crippen LogP contribution is 2.44. The fourth-order valence-corrected chi connectivity index (χ4v) is 4.88. The Hall–Kier alpha value is -3.98. The summed E-state index contributed by atoms with van der Waals surface area (Å²) >= 11 is 0. The summed E-state index contributed by atoms with van der Waals surface area (Å²) < 4.78 is 24.0. The van der Waals surface area contributed by atoms with E-state index in [4.69, 9.17) is 23.9 Å². The first kappa shape index (κ1) is 24.7. The van der Waals surface area contributed by atoms with Crippen LogP contribution in [-0.4, -0.2) is 53.0 Å². The topological polar surface area (TPSA) is 101 Å². The molecule has 0 saturated carbocycles. The highest BCUT2D eigenvalue weighted by atomic mass is 16.6. The first-order valence-electron chi connectivity index (χ1n) is 12.0. The largest absolute Gasteiger partial charge is 0.493 e. The maximum absolute atomic E-state index is 13.2. The molecule has 0 amide bonds. The third kappa shape index (κ3) is 4.29. The summed E-state index contributed by atoms with van der Waals surface area (Å²) in [6, 6.07) is 7.49. The van der Waals surface area contributed by atoms with Gasteiger partial charge in [0.25, 0.3) is 0 Å². The molecule has 0 bridgehead atoms. The molecule has 1 unspecified atom stereocenters. The number of esters is 2. The van der Waals surface area contributed by atoms with Crippen LogP contribution in [0.15, 0.2) is 36.7 Å². The van der Waals surface area contributed by atoms with E-state index in [0.29, 0.717) is 23.3 Å². The van der Waals surface area contributed by atoms with Gasteiger partial charge in [-0.1, -0.05) is 0 Å². The molecule has 37 heavy (non-hydrogen) atoms. The Bertz CT molecular complexity index is 1540. The number of aromatic nitrogens is 3. The van der Waals surface area contributed by atoms with E-state index in [0.717, 1.165) is 39.8 Å². The predicted octanol–water partition coefficient (Wildman–Crippen LogP) is 4.61. The Balaban J connectivity index is 1.91. The lowest BCUT2D eigenvalue weighted by molar-refractivity contribution is -0.164. The Morgan fingerprint density at radius 1 is 1.14 bits per heavy atom. The Morgan fingerprint density at radius 2 is 1.92 bits per heavy atom. The number of nitrogens with zero attached hydrogens (tertiary/aromatic N) is 3. The number of aryl methyl sites for hydroxylation is 1. The molecule has 0 fully saturated rings. The van der Waals surface area contributed by atoms with Crippen LogP contribution in [0.5, 0.6) is 5.75 Å². The van der Waals surface area contributed by atoms with Crippen molar-refractivity contribution in [2.24, 2.45) is 0 Å². The molecule has 1 aliphatic heterocycles. The molecule has 1 aromatic carbocycles. The normalized spacial score (nSPS) is 13.9. The number of benzene rings is 1. The molecule has 0 saturated heterocycles. The average molecular weight is 504 g/mol. The number of methoxy groups -OCH3 is 2. The van der Waals surface area contributed by atoms with Gasteiger partial charge in [-0.3, -0.25) is 4.98 Å². The minimum Gasteiger partial charge on any atom is -0.493 e. The van der Waals surface area contributed by atoms with Crippen LogP contribution < -0.4 is 4.74 Å². The zero-order chi connectivity index (χ0) is 26.5. The molecular formula is C28H29N3O6. The Morgan fingerprint density at radius 3 is 2.62 bits per heavy atom. The lowest BCUT2D eigenvalue weighted by Crippen LogP contribution is -2.29. The number of carbonyl (C=O) groups is 2. The lowest BCUT2D eigenvalue weighted by Gasteiger charge is -2.29. The molecule has 9 heteroatoms. The second-order valence-electron chi connectivity index (χ2n) is 9.99. The van der Waals surface area contributed by atoms with Gasteiger partial charge in [-0.15, -0.1) is 0 Å². The van der Waals surface area contributed by atoms with Crippen LogP contribution in [0.3, 0.4) is 0 Å². The van der Waals surface area contributed by atoms with Crippen LogP contribution in [0.4, 0.5) is 0 Å². The van der Waals surface area contributed by atoms with Gasteiger partial charge < -0.3 is 18.9 Å². The van der Waals surface area contributed by atoms with Crippen LogP contribution in [0.25, 0.3) is 27.5 Å². The molecule has 4 aromatic rings. The summed E-state index contributed by atoms with van der Waals surface area (Å²) in [6.07, 6.45) is 3.28. The van der Waals surface area contributed by atoms with Gasteiger partial charge in [0.15, 0.2) is 11.8 Å². The minimum absolute atomic E-state index is 0.144. The molecule has 1 aliphatic rings. The van der Waals surface area contributed by atoms with Crippen LogP contribution in [0.1, 0.15) is 54.1 Å². The molecule has 5 rings (SSSR count). The van der Waals surface area contributed by atoms with Gasteiger partial charge in [0.1, 0.15) is 5.75 Å². The summed E-state index contributed by atoms with van der Waals surface area (Å²) in [5.74, 6) is -0.333. The van der Waals surface area contributed by atoms with Gasteiger partial charge in [0, 0.05) is 40.9 Å². The Kier molecular flexibility index (Phi) is 6.11. The van der Waals surface area contributed by atoms with Crippen LogP contribution in [0, 0.1) is 6.92 Å². The van der Waals surface area contributed by atoms with Crippen molar-refractivity contribution in [1.82, 2.24) is 14.6 Å². The van der Waals surface area contributed by atoms with Crippen molar-refractivity contribution in [3.05, 3.63) is 59.0 Å². The fraction of sp³-hybridized carbons (Fsp3) is 0.357. The van der Waals surface area contributed by atoms with Crippen molar-refractivity contribution in [2.45, 2.75) is 45.8 Å². The highest BCUT2D eigenvalue weighted by molar-refractivity contribution is 6.05. The van der Waals surface area contributed by atoms with Gasteiger partial charge in [0.2, 0.25) is 0 Å². The van der Waals surface area contributed by atoms with Crippen molar-refractivity contribution in [1.29, 1.82) is 0 Å². The summed E-state index contributed by atoms with van der Waals surface area (Å²) in [4.78, 5) is 30.3. The van der Waals surface area contributed by atoms with Crippen molar-refractivity contribution in [3.63, 3.8) is 0 Å². The van der Waals surface area contributed by atoms with E-state index in [1.165, 1.54) is 14.2 Å². The summed E-state index contributed by atoms with van der Waals surface area (Å²) in [5.41, 5.74) is 4.74. The maximum Gasteiger partial charge on any atom is 0.358 e. The zero-order valence-electron chi connectivity index (χ0n) is 21.7. The quantitative estimate of drug-likeness (QED) is 0.364. The molecule has 1 atom stereocenters. The number of fused-ring (bicyclic) bond motifs is 1. The van der Waals surface area contributed by atoms with Crippen LogP contribution >= 0.6 is 0 Å². The first-order chi connectivity index (χ1) is 17.6. The number of carbonyl (C=O) groups excluding carboxylic acids is 2. The molecule has 192 valence electrons. The second kappa shape index (κ2) is 9.15. The smallest absolute Gasteiger partial charge is 0.358 e. The van der Waals surface area contributed by atoms with Gasteiger partial charge in [-0.05, 0) is 63.1 Å². The second-order valence-corrected chi connectivity index (χ2v) is 9.99. The van der Waals surface area contributed by atoms with Crippen molar-refractivity contribution in [3.8, 4) is 16.9 Å². The SMILES string of the molecule is COC(=O)c1cc2c(-c3ccc4c5c(ccnc35)CCO4)c(C(OC(C)(C)C)C(=O)OC)c(C)cn2n1. The van der Waals surface area contributed by atoms with Crippen molar-refractivity contribution >= 4 is 28.4 Å². The summed E-state index contributed by atoms with van der Waals surface area (Å²) in [6.45, 7) is 8.12. The van der Waals surface area contributed by atoms with E-state index in [1.807, 2.05) is 45.9 Å². The van der Waals surface area contributed by atoms with Crippen molar-refractivity contribution < 1.29 is 28.5 Å². The monoisotopic (exact) mass is 503 g/mol. The van der Waals surface area contributed by atoms with Crippen LogP contribution in [0.2, 0.25) is 0 Å². The van der Waals surface area contributed by atoms with Crippen LogP contribution in [-0.2, 0) is 25.4 Å². The molecule has 3 aromatic heterocycles. The van der Waals surface area contributed by atoms with E-state index in [-0.39, 0.29) is 5.69 Å². The summed E-state index contributed by atoms with van der Waals surface area (Å²) in [7, 11) is 2.65. The van der Waals surface area contributed by atoms with E-state index in [1.54, 1.807) is 23.0 Å². The number of pyridine rings is 2. The standard InChI is InChI=1S/C28H29N3O6/c1-15-14-31-19(13-18(30-31)26(32)34-5)23(21(15)25(27(33)35-6)37-28(2,3)4)17-7-8-20-22-16(10-12-36-20)9-11-29-24(17)22/h7-9,11,13-14,25H,10,12H2,1-6H3. The average Bonchev–Trinajstić information content (AvgIpc) is 3.29. The number of rotatable bonds is 5. The lowest BCUT2D eigenvalue weighted by atomic mass is 9.89. The van der Waals surface area contributed by atoms with Crippen molar-refractivity contribution in [2.75, 3.05) is 20.8 Å². The Labute approximate surface area is 214 Å². The first-order valence-corrected chi connectivity index (χ1v) is 12.0. The third-order valence-electron chi connectivity index (χ3n) is 6.38. The number of hydrogen-bond acceptors (Lipinski definition) is 8. The highest BCUT2D eigenvalue weighted by Gasteiger charge is 2.34. The molecule has 0 radical (unpaired) electrons. The van der Waals surface area contributed by atoms with Gasteiger partial charge >= 0.3 is 11.9 Å². The number of hydrogen-bond donors (Lipinski definition) is 0. The van der Waals surface area contributed by atoms with Gasteiger partial charge in [0.05, 0.1) is 37.5 Å². The fourth-order valence-electron chi connectivity index (χ4n) is 4.88. The van der Waals surface area contributed by atoms with E-state index < -0.39 is 23.6 Å². The zero-order valence-corrected chi connectivity index (χ0v) is 21.7. The van der Waals surface area contributed by atoms with E-state index in [2.05, 4.69) is 5.10 Å². The molecule has 0 N–H and O–H groups in total. The van der Waals surface area contributed by atoms with Gasteiger partial charge in [-0.25, -0.2) is 14.1 Å². The summed E-state index contributed by atoms with van der Waals surface area (Å²) in [5, 5.41) is 5.38. The minimum atomic E-state index is -1.04. The van der Waals surface area contributed by atoms with E-state index >= 15 is 0 Å². The number of ether oxygens (including phenoxy) is 4. The molecule has 9 nitrogen and oxygen atoms in total. The molecule has 0 aliphatic carbocycles. The van der Waals surface area contributed by atoms with E-state index in [9.17, 15) is 9.59 Å². The molecular weight excluding hydrogens is 474 g/mol. The molecule has 0 spiro atoms. The molecule has 4 heterocycles. The van der Waals surface area contributed by atoms with Gasteiger partial charge in [-0.2, -0.15) is 5.10 Å². The third-order valence-corrected chi connectivity index (χ3v) is 6.38. The predicted molar refractivity (Wildman–Crippen MR) is 137 cm³/mol. The maximum atomic E-state index is 13.2.